The first-order chi connectivity index (χ1) is 16.4. The van der Waals surface area contributed by atoms with E-state index in [4.69, 9.17) is 0 Å². The third-order valence-electron chi connectivity index (χ3n) is 5.82. The van der Waals surface area contributed by atoms with Crippen LogP contribution in [0.1, 0.15) is 25.7 Å². The van der Waals surface area contributed by atoms with Crippen molar-refractivity contribution in [2.75, 3.05) is 23.3 Å². The van der Waals surface area contributed by atoms with Crippen LogP contribution < -0.4 is 21.1 Å². The van der Waals surface area contributed by atoms with Gasteiger partial charge in [0.2, 0.25) is 11.8 Å². The smallest absolute Gasteiger partial charge is 0.273 e. The molecule has 1 saturated heterocycles. The Bertz CT molecular complexity index is 1300. The molecule has 0 bridgehead atoms. The number of amides is 2. The number of carbonyl (C=O) groups excluding carboxylic acids is 2. The van der Waals surface area contributed by atoms with Gasteiger partial charge < -0.3 is 15.5 Å². The summed E-state index contributed by atoms with van der Waals surface area (Å²) >= 11 is 1.18. The molecule has 3 aromatic rings. The van der Waals surface area contributed by atoms with Crippen LogP contribution in [0.4, 0.5) is 19.6 Å². The number of hydrogen-bond acceptors (Lipinski definition) is 7. The molecule has 178 valence electrons. The standard InChI is InChI=1S/C22H22F2N6O3S/c23-13-6-14(24)8-16(7-13)26-17(31)10-30-11-25-19-18(21(30)33)34-22(28-19)29-5-1-2-12(9-29)20(32)27-15-3-4-15/h6-8,11-12,15H,1-5,9-10H2,(H,26,31)(H,27,32)/t12-/m1/s1. The maximum absolute atomic E-state index is 13.3. The van der Waals surface area contributed by atoms with Crippen LogP contribution in [0.5, 0.6) is 0 Å². The lowest BCUT2D eigenvalue weighted by molar-refractivity contribution is -0.125. The van der Waals surface area contributed by atoms with Crippen molar-refractivity contribution in [3.05, 3.63) is 46.5 Å². The fourth-order valence-electron chi connectivity index (χ4n) is 3.98. The second-order valence-electron chi connectivity index (χ2n) is 8.60. The zero-order valence-corrected chi connectivity index (χ0v) is 18.9. The summed E-state index contributed by atoms with van der Waals surface area (Å²) in [5, 5.41) is 6.04. The van der Waals surface area contributed by atoms with E-state index in [1.165, 1.54) is 17.7 Å². The molecule has 0 unspecified atom stereocenters. The maximum Gasteiger partial charge on any atom is 0.273 e. The molecule has 1 aliphatic carbocycles. The van der Waals surface area contributed by atoms with Gasteiger partial charge in [0, 0.05) is 30.9 Å². The minimum Gasteiger partial charge on any atom is -0.353 e. The van der Waals surface area contributed by atoms with Gasteiger partial charge in [0.25, 0.3) is 5.56 Å². The molecule has 3 heterocycles. The maximum atomic E-state index is 13.3. The fourth-order valence-corrected chi connectivity index (χ4v) is 4.98. The molecule has 2 aromatic heterocycles. The van der Waals surface area contributed by atoms with Crippen molar-refractivity contribution < 1.29 is 18.4 Å². The van der Waals surface area contributed by atoms with Crippen molar-refractivity contribution in [1.82, 2.24) is 19.9 Å². The van der Waals surface area contributed by atoms with Gasteiger partial charge in [0.1, 0.15) is 29.2 Å². The van der Waals surface area contributed by atoms with E-state index in [9.17, 15) is 23.2 Å². The summed E-state index contributed by atoms with van der Waals surface area (Å²) in [6.45, 7) is 0.882. The third-order valence-corrected chi connectivity index (χ3v) is 6.91. The average molecular weight is 489 g/mol. The first-order valence-corrected chi connectivity index (χ1v) is 11.8. The Kier molecular flexibility index (Phi) is 5.98. The molecular formula is C22H22F2N6O3S. The Labute approximate surface area is 196 Å². The van der Waals surface area contributed by atoms with E-state index < -0.39 is 23.1 Å². The van der Waals surface area contributed by atoms with Crippen LogP contribution in [0, 0.1) is 17.6 Å². The zero-order chi connectivity index (χ0) is 23.8. The number of fused-ring (bicyclic) bond motifs is 1. The monoisotopic (exact) mass is 488 g/mol. The van der Waals surface area contributed by atoms with Crippen molar-refractivity contribution >= 4 is 44.3 Å². The summed E-state index contributed by atoms with van der Waals surface area (Å²) in [4.78, 5) is 48.4. The molecule has 2 fully saturated rings. The van der Waals surface area contributed by atoms with Gasteiger partial charge in [-0.05, 0) is 37.8 Å². The van der Waals surface area contributed by atoms with Crippen molar-refractivity contribution in [2.24, 2.45) is 5.92 Å². The van der Waals surface area contributed by atoms with Crippen LogP contribution in [0.2, 0.25) is 0 Å². The molecule has 5 rings (SSSR count). The zero-order valence-electron chi connectivity index (χ0n) is 18.1. The minimum absolute atomic E-state index is 0.0463. The van der Waals surface area contributed by atoms with Crippen molar-refractivity contribution in [2.45, 2.75) is 38.3 Å². The topological polar surface area (TPSA) is 109 Å². The largest absolute Gasteiger partial charge is 0.353 e. The number of anilines is 2. The number of hydrogen-bond donors (Lipinski definition) is 2. The van der Waals surface area contributed by atoms with Crippen molar-refractivity contribution in [1.29, 1.82) is 0 Å². The van der Waals surface area contributed by atoms with Gasteiger partial charge in [-0.15, -0.1) is 0 Å². The molecule has 2 N–H and O–H groups in total. The van der Waals surface area contributed by atoms with E-state index in [0.29, 0.717) is 28.5 Å². The first kappa shape index (κ1) is 22.4. The third kappa shape index (κ3) is 4.91. The predicted octanol–water partition coefficient (Wildman–Crippen LogP) is 2.26. The van der Waals surface area contributed by atoms with E-state index in [2.05, 4.69) is 20.6 Å². The Morgan fingerprint density at radius 3 is 2.65 bits per heavy atom. The average Bonchev–Trinajstić information content (AvgIpc) is 3.49. The number of halogens is 2. The summed E-state index contributed by atoms with van der Waals surface area (Å²) in [5.41, 5.74) is -0.206. The number of rotatable bonds is 6. The molecule has 9 nitrogen and oxygen atoms in total. The van der Waals surface area contributed by atoms with Gasteiger partial charge in [-0.1, -0.05) is 11.3 Å². The van der Waals surface area contributed by atoms with E-state index in [-0.39, 0.29) is 29.7 Å². The predicted molar refractivity (Wildman–Crippen MR) is 123 cm³/mol. The highest BCUT2D eigenvalue weighted by atomic mass is 32.1. The van der Waals surface area contributed by atoms with Gasteiger partial charge in [-0.3, -0.25) is 19.0 Å². The molecule has 1 saturated carbocycles. The molecule has 12 heteroatoms. The Balaban J connectivity index is 1.30. The van der Waals surface area contributed by atoms with E-state index in [0.717, 1.165) is 48.9 Å². The summed E-state index contributed by atoms with van der Waals surface area (Å²) in [6, 6.07) is 2.98. The number of carbonyl (C=O) groups is 2. The normalized spacial score (nSPS) is 18.2. The van der Waals surface area contributed by atoms with Crippen LogP contribution >= 0.6 is 11.3 Å². The van der Waals surface area contributed by atoms with Crippen LogP contribution in [0.3, 0.4) is 0 Å². The van der Waals surface area contributed by atoms with Gasteiger partial charge in [-0.25, -0.2) is 13.8 Å². The first-order valence-electron chi connectivity index (χ1n) is 11.0. The van der Waals surface area contributed by atoms with E-state index >= 15 is 0 Å². The molecular weight excluding hydrogens is 466 g/mol. The lowest BCUT2D eigenvalue weighted by Crippen LogP contribution is -2.43. The Morgan fingerprint density at radius 1 is 1.15 bits per heavy atom. The second-order valence-corrected chi connectivity index (χ2v) is 9.58. The molecule has 2 amide bonds. The second kappa shape index (κ2) is 9.09. The number of piperidine rings is 1. The van der Waals surface area contributed by atoms with Crippen molar-refractivity contribution in [3.8, 4) is 0 Å². The summed E-state index contributed by atoms with van der Waals surface area (Å²) in [6.07, 6.45) is 4.96. The fraction of sp³-hybridized carbons (Fsp3) is 0.409. The highest BCUT2D eigenvalue weighted by molar-refractivity contribution is 7.22. The van der Waals surface area contributed by atoms with Crippen LogP contribution in [0.25, 0.3) is 10.3 Å². The van der Waals surface area contributed by atoms with Crippen molar-refractivity contribution in [3.63, 3.8) is 0 Å². The highest BCUT2D eigenvalue weighted by Gasteiger charge is 2.31. The number of nitrogens with one attached hydrogen (secondary N) is 2. The van der Waals surface area contributed by atoms with Gasteiger partial charge in [0.05, 0.1) is 5.92 Å². The number of benzene rings is 1. The highest BCUT2D eigenvalue weighted by Crippen LogP contribution is 2.30. The minimum atomic E-state index is -0.822. The molecule has 1 atom stereocenters. The lowest BCUT2D eigenvalue weighted by atomic mass is 9.97. The molecule has 2 aliphatic rings. The van der Waals surface area contributed by atoms with Crippen LogP contribution in [0.15, 0.2) is 29.3 Å². The van der Waals surface area contributed by atoms with Gasteiger partial charge in [-0.2, -0.15) is 4.98 Å². The number of aromatic nitrogens is 3. The summed E-state index contributed by atoms with van der Waals surface area (Å²) < 4.78 is 28.1. The van der Waals surface area contributed by atoms with Crippen LogP contribution in [-0.2, 0) is 16.1 Å². The van der Waals surface area contributed by atoms with Gasteiger partial charge >= 0.3 is 0 Å². The Hall–Kier alpha value is -3.41. The van der Waals surface area contributed by atoms with Crippen LogP contribution in [-0.4, -0.2) is 45.5 Å². The quantitative estimate of drug-likeness (QED) is 0.551. The number of nitrogens with zero attached hydrogens (tertiary/aromatic N) is 4. The number of thiazole rings is 1. The summed E-state index contributed by atoms with van der Waals surface area (Å²) in [5.74, 6) is -2.32. The molecule has 0 spiro atoms. The molecule has 0 radical (unpaired) electrons. The molecule has 34 heavy (non-hydrogen) atoms. The molecule has 1 aromatic carbocycles. The SMILES string of the molecule is O=C(Cn1cnc2nc(N3CCC[C@@H](C(=O)NC4CC4)C3)sc2c1=O)Nc1cc(F)cc(F)c1. The Morgan fingerprint density at radius 2 is 1.91 bits per heavy atom. The van der Waals surface area contributed by atoms with E-state index in [1.54, 1.807) is 0 Å². The molecule has 1 aliphatic heterocycles. The summed E-state index contributed by atoms with van der Waals surface area (Å²) in [7, 11) is 0. The lowest BCUT2D eigenvalue weighted by Gasteiger charge is -2.31. The van der Waals surface area contributed by atoms with E-state index in [1.807, 2.05) is 4.90 Å². The van der Waals surface area contributed by atoms with Gasteiger partial charge in [0.15, 0.2) is 10.8 Å².